The zero-order valence-electron chi connectivity index (χ0n) is 16.6. The quantitative estimate of drug-likeness (QED) is 0.377. The van der Waals surface area contributed by atoms with E-state index in [4.69, 9.17) is 5.73 Å². The molecule has 1 aliphatic heterocycles. The third kappa shape index (κ3) is 3.05. The predicted octanol–water partition coefficient (Wildman–Crippen LogP) is 6.36. The summed E-state index contributed by atoms with van der Waals surface area (Å²) in [5, 5.41) is 11.4. The highest BCUT2D eigenvalue weighted by Crippen LogP contribution is 2.49. The predicted molar refractivity (Wildman–Crippen MR) is 117 cm³/mol. The van der Waals surface area contributed by atoms with Crippen LogP contribution in [0.4, 0.5) is 13.2 Å². The van der Waals surface area contributed by atoms with Crippen LogP contribution in [-0.2, 0) is 5.54 Å². The van der Waals surface area contributed by atoms with E-state index in [1.807, 2.05) is 42.5 Å². The second kappa shape index (κ2) is 7.02. The standard InChI is InChI=1S/C25H16F3N3O/c26-25(27,28)24(19-10-8-15(9-11-19)23(29)32)14-22(30-31-24)20-7-3-6-18-12-16-4-1-2-5-17(16)13-21(18)20/h1-14H,(H2,29,32). The third-order valence-electron chi connectivity index (χ3n) is 5.73. The summed E-state index contributed by atoms with van der Waals surface area (Å²) in [5.41, 5.74) is 3.25. The first-order valence-corrected chi connectivity index (χ1v) is 9.83. The summed E-state index contributed by atoms with van der Waals surface area (Å²) in [5.74, 6) is -0.718. The van der Waals surface area contributed by atoms with E-state index in [1.54, 1.807) is 12.1 Å². The number of carbonyl (C=O) groups excluding carboxylic acids is 1. The molecule has 0 fully saturated rings. The smallest absolute Gasteiger partial charge is 0.366 e. The number of carbonyl (C=O) groups is 1. The van der Waals surface area contributed by atoms with Gasteiger partial charge in [0.05, 0.1) is 5.70 Å². The van der Waals surface area contributed by atoms with E-state index in [0.29, 0.717) is 5.56 Å². The summed E-state index contributed by atoms with van der Waals surface area (Å²) in [6.45, 7) is 0. The second-order valence-corrected chi connectivity index (χ2v) is 7.66. The van der Waals surface area contributed by atoms with Crippen LogP contribution in [-0.4, -0.2) is 12.1 Å². The lowest BCUT2D eigenvalue weighted by Crippen LogP contribution is -2.37. The van der Waals surface area contributed by atoms with Gasteiger partial charge in [0.1, 0.15) is 0 Å². The number of hydrogen-bond acceptors (Lipinski definition) is 3. The largest absolute Gasteiger partial charge is 0.423 e. The van der Waals surface area contributed by atoms with Crippen LogP contribution < -0.4 is 5.73 Å². The van der Waals surface area contributed by atoms with Crippen molar-refractivity contribution in [2.45, 2.75) is 11.7 Å². The molecule has 1 amide bonds. The van der Waals surface area contributed by atoms with Gasteiger partial charge in [0.15, 0.2) is 0 Å². The second-order valence-electron chi connectivity index (χ2n) is 7.66. The molecule has 1 aliphatic rings. The first-order chi connectivity index (χ1) is 15.3. The Kier molecular flexibility index (Phi) is 4.37. The van der Waals surface area contributed by atoms with Crippen molar-refractivity contribution in [1.82, 2.24) is 0 Å². The molecule has 0 saturated heterocycles. The van der Waals surface area contributed by atoms with Gasteiger partial charge in [-0.05, 0) is 57.4 Å². The van der Waals surface area contributed by atoms with Gasteiger partial charge in [-0.1, -0.05) is 54.6 Å². The molecular formula is C25H16F3N3O. The van der Waals surface area contributed by atoms with E-state index in [0.717, 1.165) is 27.6 Å². The van der Waals surface area contributed by atoms with Crippen molar-refractivity contribution < 1.29 is 18.0 Å². The SMILES string of the molecule is NC(=O)c1ccc(C2(C(F)(F)F)C=C(c3cccc4cc5ccccc5cc34)N=N2)cc1. The van der Waals surface area contributed by atoms with E-state index in [2.05, 4.69) is 10.2 Å². The number of amides is 1. The number of rotatable bonds is 3. The molecular weight excluding hydrogens is 415 g/mol. The lowest BCUT2D eigenvalue weighted by molar-refractivity contribution is -0.174. The number of fused-ring (bicyclic) bond motifs is 2. The van der Waals surface area contributed by atoms with E-state index in [-0.39, 0.29) is 16.8 Å². The molecule has 32 heavy (non-hydrogen) atoms. The van der Waals surface area contributed by atoms with Gasteiger partial charge in [0.25, 0.3) is 0 Å². The van der Waals surface area contributed by atoms with Crippen molar-refractivity contribution in [1.29, 1.82) is 0 Å². The normalized spacial score (nSPS) is 18.3. The summed E-state index contributed by atoms with van der Waals surface area (Å²) >= 11 is 0. The zero-order chi connectivity index (χ0) is 22.5. The molecule has 0 spiro atoms. The van der Waals surface area contributed by atoms with Crippen molar-refractivity contribution in [2.24, 2.45) is 16.0 Å². The topological polar surface area (TPSA) is 67.8 Å². The fraction of sp³-hybridized carbons (Fsp3) is 0.0800. The maximum atomic E-state index is 14.3. The molecule has 4 aromatic rings. The van der Waals surface area contributed by atoms with Gasteiger partial charge < -0.3 is 5.73 Å². The molecule has 1 atom stereocenters. The lowest BCUT2D eigenvalue weighted by atomic mass is 9.87. The minimum absolute atomic E-state index is 0.117. The molecule has 1 heterocycles. The van der Waals surface area contributed by atoms with Gasteiger partial charge in [0.2, 0.25) is 11.4 Å². The van der Waals surface area contributed by atoms with Gasteiger partial charge >= 0.3 is 6.18 Å². The Balaban J connectivity index is 1.69. The minimum Gasteiger partial charge on any atom is -0.366 e. The highest BCUT2D eigenvalue weighted by atomic mass is 19.4. The van der Waals surface area contributed by atoms with Crippen LogP contribution in [0.25, 0.3) is 27.2 Å². The van der Waals surface area contributed by atoms with Gasteiger partial charge in [-0.2, -0.15) is 23.4 Å². The van der Waals surface area contributed by atoms with Gasteiger partial charge in [-0.15, -0.1) is 0 Å². The molecule has 0 aromatic heterocycles. The summed E-state index contributed by atoms with van der Waals surface area (Å²) in [6.07, 6.45) is -3.69. The van der Waals surface area contributed by atoms with Crippen molar-refractivity contribution in [3.63, 3.8) is 0 Å². The lowest BCUT2D eigenvalue weighted by Gasteiger charge is -2.26. The Morgan fingerprint density at radius 1 is 0.844 bits per heavy atom. The molecule has 0 bridgehead atoms. The van der Waals surface area contributed by atoms with Gasteiger partial charge in [-0.25, -0.2) is 0 Å². The first kappa shape index (κ1) is 19.9. The highest BCUT2D eigenvalue weighted by molar-refractivity contribution is 6.03. The Labute approximate surface area is 180 Å². The minimum atomic E-state index is -4.73. The van der Waals surface area contributed by atoms with Crippen molar-refractivity contribution >= 4 is 33.1 Å². The summed E-state index contributed by atoms with van der Waals surface area (Å²) < 4.78 is 42.8. The summed E-state index contributed by atoms with van der Waals surface area (Å²) in [7, 11) is 0. The number of benzene rings is 4. The highest BCUT2D eigenvalue weighted by Gasteiger charge is 2.57. The third-order valence-corrected chi connectivity index (χ3v) is 5.73. The van der Waals surface area contributed by atoms with E-state index < -0.39 is 17.6 Å². The van der Waals surface area contributed by atoms with Gasteiger partial charge in [0, 0.05) is 11.1 Å². The molecule has 158 valence electrons. The fourth-order valence-corrected chi connectivity index (χ4v) is 4.04. The number of hydrogen-bond donors (Lipinski definition) is 1. The van der Waals surface area contributed by atoms with E-state index in [9.17, 15) is 18.0 Å². The maximum absolute atomic E-state index is 14.3. The Hall–Kier alpha value is -4.00. The Morgan fingerprint density at radius 2 is 1.50 bits per heavy atom. The maximum Gasteiger partial charge on any atom is 0.423 e. The molecule has 0 aliphatic carbocycles. The van der Waals surface area contributed by atoms with Crippen LogP contribution >= 0.6 is 0 Å². The average molecular weight is 431 g/mol. The summed E-state index contributed by atoms with van der Waals surface area (Å²) in [4.78, 5) is 11.3. The van der Waals surface area contributed by atoms with Crippen LogP contribution in [0.1, 0.15) is 21.5 Å². The monoisotopic (exact) mass is 431 g/mol. The molecule has 4 aromatic carbocycles. The van der Waals surface area contributed by atoms with Crippen LogP contribution in [0.3, 0.4) is 0 Å². The average Bonchev–Trinajstić information content (AvgIpc) is 3.24. The number of primary amides is 1. The number of nitrogens with zero attached hydrogens (tertiary/aromatic N) is 2. The zero-order valence-corrected chi connectivity index (χ0v) is 16.6. The molecule has 0 radical (unpaired) electrons. The van der Waals surface area contributed by atoms with E-state index in [1.165, 1.54) is 24.3 Å². The van der Waals surface area contributed by atoms with Crippen LogP contribution in [0, 0.1) is 0 Å². The van der Waals surface area contributed by atoms with E-state index >= 15 is 0 Å². The Bertz CT molecular complexity index is 1440. The number of alkyl halides is 3. The van der Waals surface area contributed by atoms with Crippen molar-refractivity contribution in [3.05, 3.63) is 102 Å². The molecule has 7 heteroatoms. The molecule has 4 nitrogen and oxygen atoms in total. The fourth-order valence-electron chi connectivity index (χ4n) is 4.04. The van der Waals surface area contributed by atoms with Crippen LogP contribution in [0.2, 0.25) is 0 Å². The number of halogens is 3. The van der Waals surface area contributed by atoms with Crippen molar-refractivity contribution in [2.75, 3.05) is 0 Å². The van der Waals surface area contributed by atoms with Crippen LogP contribution in [0.15, 0.2) is 95.2 Å². The summed E-state index contributed by atoms with van der Waals surface area (Å²) in [6, 6.07) is 22.1. The van der Waals surface area contributed by atoms with Crippen LogP contribution in [0.5, 0.6) is 0 Å². The molecule has 1 unspecified atom stereocenters. The first-order valence-electron chi connectivity index (χ1n) is 9.83. The molecule has 5 rings (SSSR count). The number of azo groups is 1. The number of nitrogens with two attached hydrogens (primary N) is 1. The van der Waals surface area contributed by atoms with Gasteiger partial charge in [-0.3, -0.25) is 4.79 Å². The molecule has 0 saturated carbocycles. The molecule has 2 N–H and O–H groups in total. The van der Waals surface area contributed by atoms with Crippen molar-refractivity contribution in [3.8, 4) is 0 Å². The Morgan fingerprint density at radius 3 is 2.16 bits per heavy atom.